The van der Waals surface area contributed by atoms with Gasteiger partial charge < -0.3 is 15.3 Å². The molecule has 0 unspecified atom stereocenters. The topological polar surface area (TPSA) is 60.7 Å². The van der Waals surface area contributed by atoms with Crippen molar-refractivity contribution in [2.75, 3.05) is 0 Å². The maximum absolute atomic E-state index is 12.7. The molecular weight excluding hydrogens is 458 g/mol. The average Bonchev–Trinajstić information content (AvgIpc) is 3.27. The zero-order valence-electron chi connectivity index (χ0n) is 13.3. The molecule has 5 aromatic rings. The van der Waals surface area contributed by atoms with Gasteiger partial charge in [-0.15, -0.1) is 0 Å². The van der Waals surface area contributed by atoms with Crippen LogP contribution in [0.2, 0.25) is 0 Å². The highest BCUT2D eigenvalue weighted by molar-refractivity contribution is 9.10. The first-order valence-electron chi connectivity index (χ1n) is 8.27. The highest BCUT2D eigenvalue weighted by Crippen LogP contribution is 2.42. The van der Waals surface area contributed by atoms with Gasteiger partial charge in [0.1, 0.15) is 0 Å². The molecule has 126 valence electrons. The maximum Gasteiger partial charge on any atom is 0.252 e. The van der Waals surface area contributed by atoms with E-state index in [-0.39, 0.29) is 5.91 Å². The van der Waals surface area contributed by atoms with E-state index in [1.807, 2.05) is 18.2 Å². The summed E-state index contributed by atoms with van der Waals surface area (Å²) in [4.78, 5) is 19.8. The molecular formula is C20H11Br2N3O. The fourth-order valence-electron chi connectivity index (χ4n) is 4.24. The van der Waals surface area contributed by atoms with Gasteiger partial charge in [-0.2, -0.15) is 0 Å². The summed E-state index contributed by atoms with van der Waals surface area (Å²) in [6.45, 7) is 0.556. The van der Waals surface area contributed by atoms with Crippen LogP contribution in [0.5, 0.6) is 0 Å². The van der Waals surface area contributed by atoms with Gasteiger partial charge in [0, 0.05) is 48.1 Å². The molecule has 0 spiro atoms. The number of aromatic amines is 2. The number of fused-ring (bicyclic) bond motifs is 10. The van der Waals surface area contributed by atoms with E-state index in [1.54, 1.807) is 0 Å². The molecule has 0 radical (unpaired) electrons. The van der Waals surface area contributed by atoms with Gasteiger partial charge >= 0.3 is 0 Å². The molecule has 0 aliphatic carbocycles. The third-order valence-electron chi connectivity index (χ3n) is 5.28. The van der Waals surface area contributed by atoms with Crippen molar-refractivity contribution in [1.82, 2.24) is 15.3 Å². The molecule has 6 rings (SSSR count). The smallest absolute Gasteiger partial charge is 0.252 e. The molecule has 4 nitrogen and oxygen atoms in total. The molecule has 6 heteroatoms. The molecule has 3 aromatic carbocycles. The van der Waals surface area contributed by atoms with E-state index >= 15 is 0 Å². The molecule has 0 atom stereocenters. The molecule has 1 aliphatic rings. The Kier molecular flexibility index (Phi) is 2.79. The first kappa shape index (κ1) is 14.8. The normalized spacial score (nSPS) is 14.0. The number of hydrogen-bond acceptors (Lipinski definition) is 1. The van der Waals surface area contributed by atoms with Gasteiger partial charge in [-0.1, -0.05) is 31.9 Å². The third-order valence-corrected chi connectivity index (χ3v) is 6.26. The Morgan fingerprint density at radius 2 is 1.38 bits per heavy atom. The molecule has 1 aliphatic heterocycles. The van der Waals surface area contributed by atoms with Gasteiger partial charge in [-0.25, -0.2) is 0 Å². The lowest BCUT2D eigenvalue weighted by molar-refractivity contribution is 0.0967. The summed E-state index contributed by atoms with van der Waals surface area (Å²) in [6, 6.07) is 12.3. The maximum atomic E-state index is 12.7. The number of amides is 1. The van der Waals surface area contributed by atoms with Crippen LogP contribution in [-0.2, 0) is 6.54 Å². The van der Waals surface area contributed by atoms with Gasteiger partial charge in [-0.3, -0.25) is 4.79 Å². The van der Waals surface area contributed by atoms with Gasteiger partial charge in [0.25, 0.3) is 5.91 Å². The Morgan fingerprint density at radius 3 is 2.04 bits per heavy atom. The Morgan fingerprint density at radius 1 is 0.808 bits per heavy atom. The summed E-state index contributed by atoms with van der Waals surface area (Å²) in [5.74, 6) is -0.00266. The van der Waals surface area contributed by atoms with Gasteiger partial charge in [0.2, 0.25) is 0 Å². The summed E-state index contributed by atoms with van der Waals surface area (Å²) in [5, 5.41) is 7.31. The average molecular weight is 469 g/mol. The van der Waals surface area contributed by atoms with Crippen molar-refractivity contribution in [3.63, 3.8) is 0 Å². The van der Waals surface area contributed by atoms with Crippen LogP contribution in [0.3, 0.4) is 0 Å². The quantitative estimate of drug-likeness (QED) is 0.267. The van der Waals surface area contributed by atoms with Crippen LogP contribution in [0.25, 0.3) is 43.6 Å². The Hall–Kier alpha value is -2.31. The van der Waals surface area contributed by atoms with Crippen molar-refractivity contribution in [1.29, 1.82) is 0 Å². The van der Waals surface area contributed by atoms with Crippen molar-refractivity contribution in [2.24, 2.45) is 0 Å². The van der Waals surface area contributed by atoms with Gasteiger partial charge in [0.15, 0.2) is 0 Å². The number of halogens is 2. The lowest BCUT2D eigenvalue weighted by Gasteiger charge is -2.04. The molecule has 0 fully saturated rings. The number of hydrogen-bond donors (Lipinski definition) is 3. The van der Waals surface area contributed by atoms with Crippen molar-refractivity contribution >= 4 is 81.4 Å². The second-order valence-corrected chi connectivity index (χ2v) is 8.50. The van der Waals surface area contributed by atoms with E-state index < -0.39 is 0 Å². The summed E-state index contributed by atoms with van der Waals surface area (Å²) >= 11 is 7.13. The molecule has 0 saturated carbocycles. The number of aromatic nitrogens is 2. The van der Waals surface area contributed by atoms with Crippen LogP contribution in [0.1, 0.15) is 15.9 Å². The number of rotatable bonds is 0. The number of carbonyl (C=O) groups is 1. The van der Waals surface area contributed by atoms with E-state index in [4.69, 9.17) is 0 Å². The fraction of sp³-hybridized carbons (Fsp3) is 0.0500. The number of carbonyl (C=O) groups excluding carboxylic acids is 1. The van der Waals surface area contributed by atoms with Crippen LogP contribution in [0.15, 0.2) is 45.3 Å². The van der Waals surface area contributed by atoms with Crippen LogP contribution in [-0.4, -0.2) is 15.9 Å². The third kappa shape index (κ3) is 1.76. The first-order valence-corrected chi connectivity index (χ1v) is 9.85. The SMILES string of the molecule is O=C1NCc2c1c1c3cc(Br)ccc3[nH]c1c1[nH]c3ccc(Br)cc3c21. The minimum absolute atomic E-state index is 0.00266. The number of nitrogens with one attached hydrogen (secondary N) is 3. The standard InChI is InChI=1S/C20H11Br2N3O/c21-8-1-3-13-10(5-8)15-12-7-23-20(26)17(12)16-11-6-9(22)2-4-14(11)25-19(16)18(15)24-13/h1-6,24-25H,7H2,(H,23,26). The highest BCUT2D eigenvalue weighted by Gasteiger charge is 2.29. The zero-order valence-corrected chi connectivity index (χ0v) is 16.5. The second kappa shape index (κ2) is 4.90. The number of H-pyrrole nitrogens is 2. The Bertz CT molecular complexity index is 1430. The minimum Gasteiger partial charge on any atom is -0.353 e. The molecule has 3 heterocycles. The minimum atomic E-state index is -0.00266. The zero-order chi connectivity index (χ0) is 17.6. The van der Waals surface area contributed by atoms with Gasteiger partial charge in [-0.05, 0) is 42.0 Å². The Labute approximate surface area is 164 Å². The van der Waals surface area contributed by atoms with E-state index in [0.717, 1.165) is 63.7 Å². The number of benzene rings is 3. The second-order valence-electron chi connectivity index (χ2n) is 6.67. The van der Waals surface area contributed by atoms with E-state index in [0.29, 0.717) is 6.54 Å². The monoisotopic (exact) mass is 467 g/mol. The van der Waals surface area contributed by atoms with Crippen molar-refractivity contribution < 1.29 is 4.79 Å². The van der Waals surface area contributed by atoms with Crippen molar-refractivity contribution in [3.05, 3.63) is 56.5 Å². The van der Waals surface area contributed by atoms with Crippen molar-refractivity contribution in [2.45, 2.75) is 6.54 Å². The summed E-state index contributed by atoms with van der Waals surface area (Å²) in [5.41, 5.74) is 5.99. The Balaban J connectivity index is 1.97. The molecule has 3 N–H and O–H groups in total. The lowest BCUT2D eigenvalue weighted by Crippen LogP contribution is -2.12. The molecule has 2 aromatic heterocycles. The molecule has 0 bridgehead atoms. The van der Waals surface area contributed by atoms with Gasteiger partial charge in [0.05, 0.1) is 16.6 Å². The predicted molar refractivity (Wildman–Crippen MR) is 112 cm³/mol. The van der Waals surface area contributed by atoms with E-state index in [9.17, 15) is 4.79 Å². The summed E-state index contributed by atoms with van der Waals surface area (Å²) < 4.78 is 2.02. The molecule has 1 amide bonds. The predicted octanol–water partition coefficient (Wildman–Crippen LogP) is 5.72. The van der Waals surface area contributed by atoms with E-state index in [2.05, 4.69) is 65.3 Å². The largest absolute Gasteiger partial charge is 0.353 e. The molecule has 26 heavy (non-hydrogen) atoms. The summed E-state index contributed by atoms with van der Waals surface area (Å²) in [6.07, 6.45) is 0. The first-order chi connectivity index (χ1) is 12.6. The van der Waals surface area contributed by atoms with Crippen LogP contribution in [0.4, 0.5) is 0 Å². The van der Waals surface area contributed by atoms with E-state index in [1.165, 1.54) is 0 Å². The summed E-state index contributed by atoms with van der Waals surface area (Å²) in [7, 11) is 0. The fourth-order valence-corrected chi connectivity index (χ4v) is 4.96. The molecule has 0 saturated heterocycles. The van der Waals surface area contributed by atoms with Crippen LogP contribution in [0, 0.1) is 0 Å². The van der Waals surface area contributed by atoms with Crippen molar-refractivity contribution in [3.8, 4) is 0 Å². The van der Waals surface area contributed by atoms with Crippen LogP contribution >= 0.6 is 31.9 Å². The van der Waals surface area contributed by atoms with Crippen LogP contribution < -0.4 is 5.32 Å². The highest BCUT2D eigenvalue weighted by atomic mass is 79.9. The lowest BCUT2D eigenvalue weighted by atomic mass is 9.97.